The summed E-state index contributed by atoms with van der Waals surface area (Å²) in [5.41, 5.74) is 10.9. The van der Waals surface area contributed by atoms with Gasteiger partial charge in [-0.05, 0) is 46.1 Å². The van der Waals surface area contributed by atoms with E-state index in [1.165, 1.54) is 133 Å². The lowest BCUT2D eigenvalue weighted by molar-refractivity contribution is -0.135. The standard InChI is InChI=1S/C14H14N2O4S.2C13H13N3O4S.C13H12N2O4S.C8H7NS.C6H7NO3.C5H9NO2.C4H11O3P.C3H6O.Cl2O2S/c1-20-12(17)8-5-9-16-13(18)15(14(19)21-16)10-11-6-3-2-4-7-11;2*17-11(14-20)7-4-8-16-12(18)15(13(19)21-16)9-10-5-2-1-3-6-10;16-11(17)7-4-8-15-12(18)14(13(19)20-15)9-10-5-2-1-3-6-10;10-7-9-6-8-4-2-1-3-5-8;1-9-6(8)3-2-4-10-5-7;1-8-5(7)3-2-4-6;1-4-8(5,6-2)7-3;1-2-3-4;1-5(2,3)4/h2-8H,9-10H2,1H3;2*1-7,20H,8-9H2,(H,14,17);1-7H,8-9H2,(H,16,17);1-5H,6H2;2-3H,4H2,1H3;2-3H,4,6H2,1H3;4H2,1-3H3;3H,2H2,1H3;/b8-5+;3*7-4+;;2*3-2+;;;. The van der Waals surface area contributed by atoms with Gasteiger partial charge in [0, 0.05) is 137 Å². The highest BCUT2D eigenvalue weighted by Gasteiger charge is 2.17. The quantitative estimate of drug-likeness (QED) is 0.00208. The number of nitrogens with one attached hydrogen (secondary N) is 2. The third-order valence-electron chi connectivity index (χ3n) is 14.3. The monoisotopic (exact) mass is 1950 g/mol. The van der Waals surface area contributed by atoms with Gasteiger partial charge in [0.1, 0.15) is 12.9 Å². The molecule has 49 heteroatoms. The van der Waals surface area contributed by atoms with Crippen LogP contribution in [0.3, 0.4) is 0 Å². The molecule has 2 amide bonds. The predicted octanol–water partition coefficient (Wildman–Crippen LogP) is 6.95. The van der Waals surface area contributed by atoms with Gasteiger partial charge in [-0.15, -0.1) is 0 Å². The number of aliphatic imine (C=N–C) groups is 1. The molecule has 9 aromatic rings. The van der Waals surface area contributed by atoms with E-state index < -0.39 is 62.7 Å². The molecule has 690 valence electrons. The molecule has 0 aliphatic carbocycles. The Labute approximate surface area is 762 Å². The van der Waals surface area contributed by atoms with E-state index in [2.05, 4.69) is 71.7 Å². The summed E-state index contributed by atoms with van der Waals surface area (Å²) in [6.07, 6.45) is 18.7. The summed E-state index contributed by atoms with van der Waals surface area (Å²) in [6, 6.07) is 46.8. The number of aliphatic carboxylic acids is 1. The lowest BCUT2D eigenvalue weighted by atomic mass is 10.2. The van der Waals surface area contributed by atoms with Crippen LogP contribution >= 0.6 is 87.3 Å². The number of isothiocyanates is 1. The summed E-state index contributed by atoms with van der Waals surface area (Å²) in [7, 11) is 8.79. The van der Waals surface area contributed by atoms with Crippen molar-refractivity contribution in [3.8, 4) is 6.26 Å². The number of carbonyl (C=O) groups excluding carboxylic acids is 6. The number of hydrogen-bond donors (Lipinski definition) is 6. The van der Waals surface area contributed by atoms with Crippen LogP contribution in [0.25, 0.3) is 0 Å². The summed E-state index contributed by atoms with van der Waals surface area (Å²) in [4.78, 5) is 171. The van der Waals surface area contributed by atoms with Crippen molar-refractivity contribution < 1.29 is 90.1 Å². The Hall–Kier alpha value is -12.7. The van der Waals surface area contributed by atoms with Gasteiger partial charge in [-0.2, -0.15) is 13.7 Å². The van der Waals surface area contributed by atoms with Crippen LogP contribution in [0.5, 0.6) is 0 Å². The number of amides is 2. The first-order valence-electron chi connectivity index (χ1n) is 36.4. The largest absolute Gasteiger partial charge is 0.478 e. The molecule has 0 aliphatic heterocycles. The van der Waals surface area contributed by atoms with Gasteiger partial charge in [0.25, 0.3) is 18.1 Å². The van der Waals surface area contributed by atoms with Gasteiger partial charge in [-0.3, -0.25) is 43.7 Å². The average Bonchev–Trinajstić information content (AvgIpc) is 1.70. The summed E-state index contributed by atoms with van der Waals surface area (Å²) in [5.74, 6) is -3.80. The van der Waals surface area contributed by atoms with Crippen molar-refractivity contribution in [1.82, 2.24) is 45.1 Å². The van der Waals surface area contributed by atoms with Crippen LogP contribution in [-0.2, 0) is 133 Å². The van der Waals surface area contributed by atoms with Gasteiger partial charge in [0.2, 0.25) is 0 Å². The van der Waals surface area contributed by atoms with Gasteiger partial charge in [0.05, 0.1) is 85.4 Å². The first kappa shape index (κ1) is 115. The number of carboxylic acids is 1. The number of carboxylic acid groups (broad SMARTS) is 1. The molecule has 128 heavy (non-hydrogen) atoms. The minimum Gasteiger partial charge on any atom is -0.478 e. The molecule has 0 spiro atoms. The minimum absolute atomic E-state index is 0.0762. The lowest BCUT2D eigenvalue weighted by Crippen LogP contribution is -2.29. The Bertz CT molecular complexity index is 5510. The molecule has 5 aromatic carbocycles. The van der Waals surface area contributed by atoms with Crippen molar-refractivity contribution in [2.45, 2.75) is 79.2 Å². The number of allylic oxidation sites excluding steroid dienone is 4. The number of thiocarbonyl (C=S) groups is 1. The number of hydroxylamine groups is 2. The molecule has 0 aliphatic rings. The molecular weight excluding hydrogens is 1860 g/mol. The number of halogens is 2. The summed E-state index contributed by atoms with van der Waals surface area (Å²) >= 11 is 7.61. The molecule has 0 atom stereocenters. The SMILES string of the molecule is CCC=O.CCP(=O)(OC)OC.COC(=O)/C=C/CN.COC(=O)/C=C/COC#N.COC(=O)/C=C/Cn1sc(=O)n(Cc2ccccc2)c1=O.O=C(/C=C/Cn1sc(=O)n(Cc2ccccc2)c1=O)NO.O=C(/C=C/Cn1sc(=O)n(Cc2ccccc2)c1=O)NO.O=C(O)/C=C/Cn1sc(=O)n(Cc2ccccc2)c1=O.O=S(=O)(Cl)Cl.S=C=NCc1ccccc1. The van der Waals surface area contributed by atoms with E-state index in [1.807, 2.05) is 159 Å². The highest BCUT2D eigenvalue weighted by atomic mass is 36.0. The van der Waals surface area contributed by atoms with Crippen molar-refractivity contribution in [3.05, 3.63) is 333 Å². The molecule has 0 saturated heterocycles. The Morgan fingerprint density at radius 3 is 0.984 bits per heavy atom. The maximum atomic E-state index is 12.1. The van der Waals surface area contributed by atoms with E-state index in [1.54, 1.807) is 6.92 Å². The second-order valence-corrected chi connectivity index (χ2v) is 33.5. The Morgan fingerprint density at radius 1 is 0.492 bits per heavy atom. The molecule has 0 unspecified atom stereocenters. The number of ether oxygens (including phenoxy) is 4. The smallest absolute Gasteiger partial charge is 0.341 e. The zero-order chi connectivity index (χ0) is 96.3. The van der Waals surface area contributed by atoms with Crippen molar-refractivity contribution in [2.24, 2.45) is 10.7 Å². The fourth-order valence-corrected chi connectivity index (χ4v) is 12.2. The Morgan fingerprint density at radius 2 is 0.758 bits per heavy atom. The van der Waals surface area contributed by atoms with Crippen molar-refractivity contribution in [2.75, 3.05) is 54.9 Å². The van der Waals surface area contributed by atoms with E-state index in [9.17, 15) is 76.5 Å². The number of hydrogen-bond acceptors (Lipinski definition) is 34. The van der Waals surface area contributed by atoms with E-state index in [-0.39, 0.29) is 90.1 Å². The zero-order valence-electron chi connectivity index (χ0n) is 69.5. The maximum absolute atomic E-state index is 12.1. The Balaban J connectivity index is 0.00000145. The molecule has 0 radical (unpaired) electrons. The second kappa shape index (κ2) is 68.6. The lowest BCUT2D eigenvalue weighted by Gasteiger charge is -2.08. The number of methoxy groups -OCH3 is 3. The minimum atomic E-state index is -3.72. The fourth-order valence-electron chi connectivity index (χ4n) is 8.35. The predicted molar refractivity (Wildman–Crippen MR) is 487 cm³/mol. The summed E-state index contributed by atoms with van der Waals surface area (Å²) in [6.45, 7) is 5.98. The zero-order valence-corrected chi connectivity index (χ0v) is 76.8. The molecule has 4 aromatic heterocycles. The van der Waals surface area contributed by atoms with Gasteiger partial charge in [-0.25, -0.2) is 88.4 Å². The van der Waals surface area contributed by atoms with Crippen molar-refractivity contribution in [3.63, 3.8) is 0 Å². The average molecular weight is 1950 g/mol. The van der Waals surface area contributed by atoms with Gasteiger partial charge >= 0.3 is 82.0 Å². The van der Waals surface area contributed by atoms with E-state index in [0.717, 1.165) is 107 Å². The van der Waals surface area contributed by atoms with Gasteiger partial charge < -0.3 is 43.6 Å². The van der Waals surface area contributed by atoms with E-state index in [0.29, 0.717) is 25.7 Å². The molecule has 0 bridgehead atoms. The number of esters is 3. The molecule has 4 heterocycles. The van der Waals surface area contributed by atoms with Crippen LogP contribution < -0.4 is 58.9 Å². The number of benzene rings is 5. The molecular formula is C79H92Cl2N13O27PS6. The number of nitrogens with two attached hydrogens (primary N) is 1. The maximum Gasteiger partial charge on any atom is 0.341 e. The van der Waals surface area contributed by atoms with Crippen LogP contribution in [-0.4, -0.2) is 160 Å². The first-order valence-corrected chi connectivity index (χ1v) is 44.7. The molecule has 0 saturated carbocycles. The summed E-state index contributed by atoms with van der Waals surface area (Å²) < 4.78 is 65.2. The first-order chi connectivity index (χ1) is 61.1. The molecule has 7 N–H and O–H groups in total. The van der Waals surface area contributed by atoms with Crippen molar-refractivity contribution >= 4 is 143 Å². The van der Waals surface area contributed by atoms with Crippen LogP contribution in [0.2, 0.25) is 0 Å². The van der Waals surface area contributed by atoms with Crippen LogP contribution in [0.15, 0.2) is 268 Å². The topological polar surface area (TPSA) is 549 Å². The number of aldehydes is 1. The third-order valence-corrected chi connectivity index (χ3v) is 19.9. The highest BCUT2D eigenvalue weighted by molar-refractivity contribution is 8.31. The second-order valence-electron chi connectivity index (χ2n) is 23.1. The molecule has 9 rings (SSSR count). The van der Waals surface area contributed by atoms with E-state index in [4.69, 9.17) is 34.9 Å². The number of rotatable bonds is 31. The number of nitrogens with zero attached hydrogens (tertiary/aromatic N) is 10. The highest BCUT2D eigenvalue weighted by Crippen LogP contribution is 2.45. The molecule has 40 nitrogen and oxygen atoms in total. The molecule has 0 fully saturated rings. The fraction of sp³-hybridized carbons (Fsp3) is 0.253. The number of carbonyl (C=O) groups is 7. The summed E-state index contributed by atoms with van der Waals surface area (Å²) in [5, 5.41) is 35.3. The normalized spacial score (nSPS) is 10.4. The van der Waals surface area contributed by atoms with Crippen LogP contribution in [0.1, 0.15) is 48.1 Å². The van der Waals surface area contributed by atoms with Gasteiger partial charge in [0.15, 0.2) is 0 Å². The van der Waals surface area contributed by atoms with E-state index >= 15 is 0 Å². The third kappa shape index (κ3) is 52.3. The van der Waals surface area contributed by atoms with Gasteiger partial charge in [-0.1, -0.05) is 196 Å². The van der Waals surface area contributed by atoms with Crippen LogP contribution in [0.4, 0.5) is 0 Å². The Kier molecular flexibility index (Phi) is 61.8. The van der Waals surface area contributed by atoms with Crippen molar-refractivity contribution in [1.29, 1.82) is 5.26 Å². The van der Waals surface area contributed by atoms with Crippen LogP contribution in [0, 0.1) is 11.5 Å². The number of aromatic nitrogens is 8. The number of nitriles is 1.